The zero-order valence-corrected chi connectivity index (χ0v) is 18.0. The molecule has 0 aliphatic carbocycles. The Bertz CT molecular complexity index is 1040. The molecule has 0 saturated carbocycles. The van der Waals surface area contributed by atoms with Gasteiger partial charge in [-0.1, -0.05) is 41.6 Å². The van der Waals surface area contributed by atoms with E-state index in [1.807, 2.05) is 19.1 Å². The Balaban J connectivity index is 1.64. The summed E-state index contributed by atoms with van der Waals surface area (Å²) in [5.74, 6) is -1.38. The Morgan fingerprint density at radius 3 is 2.70 bits per heavy atom. The zero-order chi connectivity index (χ0) is 21.7. The highest BCUT2D eigenvalue weighted by Crippen LogP contribution is 2.32. The van der Waals surface area contributed by atoms with Gasteiger partial charge >= 0.3 is 6.18 Å². The van der Waals surface area contributed by atoms with Gasteiger partial charge in [0.25, 0.3) is 0 Å². The van der Waals surface area contributed by atoms with Gasteiger partial charge in [-0.25, -0.2) is 0 Å². The molecule has 3 aromatic rings. The van der Waals surface area contributed by atoms with Crippen LogP contribution in [0.4, 0.5) is 18.9 Å². The summed E-state index contributed by atoms with van der Waals surface area (Å²) in [5.41, 5.74) is 2.03. The minimum Gasteiger partial charge on any atom is -0.324 e. The number of rotatable bonds is 7. The van der Waals surface area contributed by atoms with Gasteiger partial charge in [-0.3, -0.25) is 9.36 Å². The van der Waals surface area contributed by atoms with E-state index in [9.17, 15) is 18.0 Å². The molecule has 1 amide bonds. The van der Waals surface area contributed by atoms with Crippen molar-refractivity contribution in [2.45, 2.75) is 23.2 Å². The first-order valence-electron chi connectivity index (χ1n) is 8.61. The third-order valence-corrected chi connectivity index (χ3v) is 6.32. The molecule has 0 aliphatic heterocycles. The Morgan fingerprint density at radius 1 is 1.20 bits per heavy atom. The molecule has 0 aliphatic rings. The highest BCUT2D eigenvalue weighted by Gasteiger charge is 2.27. The van der Waals surface area contributed by atoms with E-state index in [1.165, 1.54) is 12.4 Å². The van der Waals surface area contributed by atoms with Crippen molar-refractivity contribution in [2.24, 2.45) is 0 Å². The highest BCUT2D eigenvalue weighted by molar-refractivity contribution is 8.00. The average molecular weight is 473 g/mol. The smallest absolute Gasteiger partial charge is 0.324 e. The maximum absolute atomic E-state index is 12.5. The predicted molar refractivity (Wildman–Crippen MR) is 114 cm³/mol. The van der Waals surface area contributed by atoms with Gasteiger partial charge in [0.1, 0.15) is 6.33 Å². The van der Waals surface area contributed by atoms with Crippen molar-refractivity contribution >= 4 is 46.7 Å². The first-order valence-corrected chi connectivity index (χ1v) is 11.0. The molecule has 3 rings (SSSR count). The van der Waals surface area contributed by atoms with E-state index in [-0.39, 0.29) is 11.7 Å². The molecule has 1 N–H and O–H groups in total. The fourth-order valence-corrected chi connectivity index (χ4v) is 4.08. The maximum Gasteiger partial charge on any atom is 0.398 e. The highest BCUT2D eigenvalue weighted by atomic mass is 35.5. The minimum absolute atomic E-state index is 0.0105. The molecule has 5 nitrogen and oxygen atoms in total. The van der Waals surface area contributed by atoms with Crippen LogP contribution in [0.5, 0.6) is 0 Å². The van der Waals surface area contributed by atoms with Crippen LogP contribution in [0.2, 0.25) is 5.02 Å². The number of aryl methyl sites for hydroxylation is 1. The summed E-state index contributed by atoms with van der Waals surface area (Å²) in [7, 11) is 0. The zero-order valence-electron chi connectivity index (χ0n) is 15.6. The van der Waals surface area contributed by atoms with Crippen molar-refractivity contribution < 1.29 is 18.0 Å². The summed E-state index contributed by atoms with van der Waals surface area (Å²) in [4.78, 5) is 12.7. The van der Waals surface area contributed by atoms with Crippen LogP contribution in [0, 0.1) is 6.92 Å². The van der Waals surface area contributed by atoms with Crippen LogP contribution in [-0.4, -0.2) is 38.4 Å². The summed E-state index contributed by atoms with van der Waals surface area (Å²) >= 11 is 7.96. The summed E-state index contributed by atoms with van der Waals surface area (Å²) in [6.07, 6.45) is -2.77. The monoisotopic (exact) mass is 472 g/mol. The van der Waals surface area contributed by atoms with Crippen LogP contribution in [0.15, 0.2) is 58.8 Å². The average Bonchev–Trinajstić information content (AvgIpc) is 3.16. The number of halogens is 4. The molecular weight excluding hydrogens is 457 g/mol. The summed E-state index contributed by atoms with van der Waals surface area (Å²) in [5, 5.41) is 11.7. The predicted octanol–water partition coefficient (Wildman–Crippen LogP) is 5.61. The van der Waals surface area contributed by atoms with E-state index in [2.05, 4.69) is 15.5 Å². The van der Waals surface area contributed by atoms with Gasteiger partial charge in [-0.05, 0) is 36.8 Å². The SMILES string of the molecule is Cc1ccc(-n2cnnc2SCC(=O)Nc2ccccc2SCC(F)(F)F)cc1Cl. The molecule has 2 aromatic carbocycles. The van der Waals surface area contributed by atoms with Gasteiger partial charge in [-0.2, -0.15) is 13.2 Å². The number of amides is 1. The van der Waals surface area contributed by atoms with Crippen molar-refractivity contribution in [3.8, 4) is 5.69 Å². The summed E-state index contributed by atoms with van der Waals surface area (Å²) < 4.78 is 39.2. The molecule has 1 aromatic heterocycles. The Labute approximate surface area is 184 Å². The standard InChI is InChI=1S/C19H16ClF3N4OS2/c1-12-6-7-13(8-14(12)20)27-11-24-26-18(27)29-9-17(28)25-15-4-2-3-5-16(15)30-10-19(21,22)23/h2-8,11H,9-10H2,1H3,(H,25,28). The van der Waals surface area contributed by atoms with Crippen molar-refractivity contribution in [3.63, 3.8) is 0 Å². The Hall–Kier alpha value is -2.17. The number of carbonyl (C=O) groups excluding carboxylic acids is 1. The number of hydrogen-bond acceptors (Lipinski definition) is 5. The summed E-state index contributed by atoms with van der Waals surface area (Å²) in [6, 6.07) is 11.9. The largest absolute Gasteiger partial charge is 0.398 e. The van der Waals surface area contributed by atoms with Crippen LogP contribution in [-0.2, 0) is 4.79 Å². The van der Waals surface area contributed by atoms with Crippen molar-refractivity contribution in [3.05, 3.63) is 59.4 Å². The third kappa shape index (κ3) is 6.16. The van der Waals surface area contributed by atoms with Crippen molar-refractivity contribution in [2.75, 3.05) is 16.8 Å². The lowest BCUT2D eigenvalue weighted by Gasteiger charge is -2.12. The van der Waals surface area contributed by atoms with Gasteiger partial charge in [0.15, 0.2) is 5.16 Å². The molecule has 0 unspecified atom stereocenters. The molecule has 0 atom stereocenters. The molecular formula is C19H16ClF3N4OS2. The normalized spacial score (nSPS) is 11.5. The second-order valence-electron chi connectivity index (χ2n) is 6.15. The number of nitrogens with zero attached hydrogens (tertiary/aromatic N) is 3. The number of hydrogen-bond donors (Lipinski definition) is 1. The fraction of sp³-hybridized carbons (Fsp3) is 0.211. The lowest BCUT2D eigenvalue weighted by Crippen LogP contribution is -2.16. The lowest BCUT2D eigenvalue weighted by atomic mass is 10.2. The first-order chi connectivity index (χ1) is 14.2. The number of aromatic nitrogens is 3. The quantitative estimate of drug-likeness (QED) is 0.452. The number of thioether (sulfide) groups is 2. The molecule has 11 heteroatoms. The van der Waals surface area contributed by atoms with Crippen LogP contribution < -0.4 is 5.32 Å². The molecule has 0 spiro atoms. The molecule has 0 saturated heterocycles. The molecule has 0 bridgehead atoms. The third-order valence-electron chi connectivity index (χ3n) is 3.83. The van der Waals surface area contributed by atoms with E-state index in [0.717, 1.165) is 23.0 Å². The number of benzene rings is 2. The van der Waals surface area contributed by atoms with Crippen LogP contribution in [0.25, 0.3) is 5.69 Å². The Morgan fingerprint density at radius 2 is 1.97 bits per heavy atom. The molecule has 30 heavy (non-hydrogen) atoms. The van der Waals surface area contributed by atoms with Gasteiger partial charge in [-0.15, -0.1) is 22.0 Å². The molecule has 1 heterocycles. The van der Waals surface area contributed by atoms with Crippen LogP contribution in [0.3, 0.4) is 0 Å². The second-order valence-corrected chi connectivity index (χ2v) is 8.52. The number of alkyl halides is 3. The number of nitrogens with one attached hydrogen (secondary N) is 1. The number of carbonyl (C=O) groups is 1. The maximum atomic E-state index is 12.5. The van der Waals surface area contributed by atoms with Crippen LogP contribution >= 0.6 is 35.1 Å². The Kier molecular flexibility index (Phi) is 7.32. The molecule has 158 valence electrons. The van der Waals surface area contributed by atoms with Gasteiger partial charge < -0.3 is 5.32 Å². The summed E-state index contributed by atoms with van der Waals surface area (Å²) in [6.45, 7) is 1.89. The van der Waals surface area contributed by atoms with E-state index in [0.29, 0.717) is 32.5 Å². The number of para-hydroxylation sites is 1. The molecule has 0 fully saturated rings. The van der Waals surface area contributed by atoms with E-state index < -0.39 is 11.9 Å². The lowest BCUT2D eigenvalue weighted by molar-refractivity contribution is -0.113. The van der Waals surface area contributed by atoms with E-state index >= 15 is 0 Å². The first kappa shape index (κ1) is 22.5. The van der Waals surface area contributed by atoms with Gasteiger partial charge in [0, 0.05) is 9.92 Å². The number of anilines is 1. The van der Waals surface area contributed by atoms with Crippen molar-refractivity contribution in [1.82, 2.24) is 14.8 Å². The van der Waals surface area contributed by atoms with E-state index in [1.54, 1.807) is 28.8 Å². The topological polar surface area (TPSA) is 59.8 Å². The fourth-order valence-electron chi connectivity index (χ4n) is 2.40. The second kappa shape index (κ2) is 9.76. The van der Waals surface area contributed by atoms with E-state index in [4.69, 9.17) is 11.6 Å². The minimum atomic E-state index is -4.29. The molecule has 0 radical (unpaired) electrons. The van der Waals surface area contributed by atoms with Gasteiger partial charge in [0.2, 0.25) is 5.91 Å². The van der Waals surface area contributed by atoms with Crippen molar-refractivity contribution in [1.29, 1.82) is 0 Å². The van der Waals surface area contributed by atoms with Gasteiger partial charge in [0.05, 0.1) is 22.9 Å². The van der Waals surface area contributed by atoms with Crippen LogP contribution in [0.1, 0.15) is 5.56 Å².